The molecule has 1 fully saturated rings. The van der Waals surface area contributed by atoms with Crippen molar-refractivity contribution in [2.75, 3.05) is 0 Å². The van der Waals surface area contributed by atoms with E-state index in [4.69, 9.17) is 0 Å². The van der Waals surface area contributed by atoms with Crippen LogP contribution in [0, 0.1) is 17.3 Å². The van der Waals surface area contributed by atoms with Gasteiger partial charge in [-0.1, -0.05) is 51.1 Å². The fourth-order valence-electron chi connectivity index (χ4n) is 2.56. The lowest BCUT2D eigenvalue weighted by Gasteiger charge is -2.44. The fraction of sp³-hybridized carbons (Fsp3) is 0.600. The van der Waals surface area contributed by atoms with Crippen molar-refractivity contribution in [2.24, 2.45) is 17.3 Å². The van der Waals surface area contributed by atoms with Gasteiger partial charge in [0.25, 0.3) is 0 Å². The molecule has 0 atom stereocenters. The Morgan fingerprint density at radius 2 is 1.67 bits per heavy atom. The molecule has 0 aromatic heterocycles. The Kier molecular flexibility index (Phi) is 2.86. The molecule has 1 aromatic carbocycles. The van der Waals surface area contributed by atoms with Crippen LogP contribution in [-0.2, 0) is 6.42 Å². The molecular formula is C15H22. The summed E-state index contributed by atoms with van der Waals surface area (Å²) in [7, 11) is 0. The van der Waals surface area contributed by atoms with Crippen molar-refractivity contribution in [2.45, 2.75) is 40.0 Å². The maximum Gasteiger partial charge on any atom is -0.0250 e. The lowest BCUT2D eigenvalue weighted by atomic mass is 9.62. The summed E-state index contributed by atoms with van der Waals surface area (Å²) in [6, 6.07) is 10.9. The van der Waals surface area contributed by atoms with Crippen molar-refractivity contribution in [3.05, 3.63) is 35.9 Å². The van der Waals surface area contributed by atoms with Gasteiger partial charge in [0, 0.05) is 0 Å². The van der Waals surface area contributed by atoms with E-state index < -0.39 is 0 Å². The van der Waals surface area contributed by atoms with Gasteiger partial charge in [-0.25, -0.2) is 0 Å². The third-order valence-corrected chi connectivity index (χ3v) is 3.83. The highest BCUT2D eigenvalue weighted by Crippen LogP contribution is 2.46. The van der Waals surface area contributed by atoms with Crippen LogP contribution in [0.2, 0.25) is 0 Å². The molecule has 0 spiro atoms. The molecule has 1 aliphatic rings. The monoisotopic (exact) mass is 202 g/mol. The highest BCUT2D eigenvalue weighted by molar-refractivity contribution is 5.16. The average molecular weight is 202 g/mol. The summed E-state index contributed by atoms with van der Waals surface area (Å²) in [5.74, 6) is 1.89. The molecule has 82 valence electrons. The zero-order valence-electron chi connectivity index (χ0n) is 10.2. The minimum Gasteiger partial charge on any atom is -0.0622 e. The van der Waals surface area contributed by atoms with Crippen LogP contribution < -0.4 is 0 Å². The fourth-order valence-corrected chi connectivity index (χ4v) is 2.56. The first-order valence-electron chi connectivity index (χ1n) is 6.09. The Hall–Kier alpha value is -0.780. The second-order valence-corrected chi connectivity index (χ2v) is 6.09. The van der Waals surface area contributed by atoms with E-state index in [0.29, 0.717) is 5.41 Å². The highest BCUT2D eigenvalue weighted by atomic mass is 14.4. The maximum atomic E-state index is 2.37. The predicted molar refractivity (Wildman–Crippen MR) is 65.8 cm³/mol. The van der Waals surface area contributed by atoms with Gasteiger partial charge in [-0.2, -0.15) is 0 Å². The maximum absolute atomic E-state index is 2.37. The number of rotatable bonds is 2. The van der Waals surface area contributed by atoms with Gasteiger partial charge in [0.2, 0.25) is 0 Å². The molecule has 0 unspecified atom stereocenters. The van der Waals surface area contributed by atoms with Gasteiger partial charge in [-0.3, -0.25) is 0 Å². The second-order valence-electron chi connectivity index (χ2n) is 6.09. The average Bonchev–Trinajstić information content (AvgIpc) is 2.10. The van der Waals surface area contributed by atoms with E-state index >= 15 is 0 Å². The van der Waals surface area contributed by atoms with E-state index in [-0.39, 0.29) is 0 Å². The molecule has 1 aromatic rings. The number of benzene rings is 1. The third-order valence-electron chi connectivity index (χ3n) is 3.83. The van der Waals surface area contributed by atoms with E-state index in [9.17, 15) is 0 Å². The molecule has 0 N–H and O–H groups in total. The third kappa shape index (κ3) is 2.62. The molecule has 0 heteroatoms. The largest absolute Gasteiger partial charge is 0.0622 e. The zero-order valence-corrected chi connectivity index (χ0v) is 10.2. The van der Waals surface area contributed by atoms with Crippen LogP contribution >= 0.6 is 0 Å². The van der Waals surface area contributed by atoms with Crippen LogP contribution in [0.25, 0.3) is 0 Å². The first kappa shape index (κ1) is 10.7. The van der Waals surface area contributed by atoms with E-state index in [1.54, 1.807) is 0 Å². The summed E-state index contributed by atoms with van der Waals surface area (Å²) in [5.41, 5.74) is 2.03. The Balaban J connectivity index is 1.82. The van der Waals surface area contributed by atoms with Crippen molar-refractivity contribution >= 4 is 0 Å². The Labute approximate surface area is 93.7 Å². The molecule has 0 aliphatic heterocycles. The molecule has 0 amide bonds. The smallest absolute Gasteiger partial charge is 0.0250 e. The quantitative estimate of drug-likeness (QED) is 0.670. The van der Waals surface area contributed by atoms with E-state index in [1.165, 1.54) is 24.8 Å². The number of hydrogen-bond acceptors (Lipinski definition) is 0. The normalized spacial score (nSPS) is 26.1. The van der Waals surface area contributed by atoms with Gasteiger partial charge in [-0.15, -0.1) is 0 Å². The Morgan fingerprint density at radius 1 is 1.07 bits per heavy atom. The number of hydrogen-bond donors (Lipinski definition) is 0. The van der Waals surface area contributed by atoms with Crippen LogP contribution in [-0.4, -0.2) is 0 Å². The topological polar surface area (TPSA) is 0 Å². The standard InChI is InChI=1S/C15H22/c1-15(2,3)14-10-13(11-14)9-12-7-5-4-6-8-12/h4-8,13-14H,9-11H2,1-3H3. The van der Waals surface area contributed by atoms with E-state index in [2.05, 4.69) is 51.1 Å². The van der Waals surface area contributed by atoms with Gasteiger partial charge in [0.05, 0.1) is 0 Å². The molecule has 0 saturated heterocycles. The Morgan fingerprint density at radius 3 is 2.20 bits per heavy atom. The summed E-state index contributed by atoms with van der Waals surface area (Å²) >= 11 is 0. The lowest BCUT2D eigenvalue weighted by Crippen LogP contribution is -2.34. The van der Waals surface area contributed by atoms with Gasteiger partial charge in [-0.05, 0) is 42.1 Å². The molecule has 1 saturated carbocycles. The van der Waals surface area contributed by atoms with Crippen LogP contribution in [0.4, 0.5) is 0 Å². The van der Waals surface area contributed by atoms with Crippen LogP contribution in [0.3, 0.4) is 0 Å². The van der Waals surface area contributed by atoms with E-state index in [0.717, 1.165) is 11.8 Å². The van der Waals surface area contributed by atoms with Gasteiger partial charge in [0.15, 0.2) is 0 Å². The first-order chi connectivity index (χ1) is 7.05. The van der Waals surface area contributed by atoms with E-state index in [1.807, 2.05) is 0 Å². The lowest BCUT2D eigenvalue weighted by molar-refractivity contribution is 0.0762. The van der Waals surface area contributed by atoms with Crippen molar-refractivity contribution in [3.63, 3.8) is 0 Å². The van der Waals surface area contributed by atoms with Crippen molar-refractivity contribution < 1.29 is 0 Å². The minimum atomic E-state index is 0.521. The minimum absolute atomic E-state index is 0.521. The SMILES string of the molecule is CC(C)(C)C1CC(Cc2ccccc2)C1. The van der Waals surface area contributed by atoms with Gasteiger partial charge >= 0.3 is 0 Å². The van der Waals surface area contributed by atoms with Crippen LogP contribution in [0.5, 0.6) is 0 Å². The molecule has 2 rings (SSSR count). The molecule has 0 nitrogen and oxygen atoms in total. The van der Waals surface area contributed by atoms with Crippen LogP contribution in [0.15, 0.2) is 30.3 Å². The molecule has 0 bridgehead atoms. The van der Waals surface area contributed by atoms with Crippen molar-refractivity contribution in [1.82, 2.24) is 0 Å². The second kappa shape index (κ2) is 4.00. The summed E-state index contributed by atoms with van der Waals surface area (Å²) in [6.45, 7) is 7.11. The van der Waals surface area contributed by atoms with Crippen molar-refractivity contribution in [1.29, 1.82) is 0 Å². The summed E-state index contributed by atoms with van der Waals surface area (Å²) in [4.78, 5) is 0. The highest BCUT2D eigenvalue weighted by Gasteiger charge is 2.36. The summed E-state index contributed by atoms with van der Waals surface area (Å²) in [5, 5.41) is 0. The van der Waals surface area contributed by atoms with Crippen molar-refractivity contribution in [3.8, 4) is 0 Å². The molecule has 0 heterocycles. The Bertz CT molecular complexity index is 299. The zero-order chi connectivity index (χ0) is 10.9. The molecular weight excluding hydrogens is 180 g/mol. The van der Waals surface area contributed by atoms with Gasteiger partial charge < -0.3 is 0 Å². The summed E-state index contributed by atoms with van der Waals surface area (Å²) in [6.07, 6.45) is 4.14. The summed E-state index contributed by atoms with van der Waals surface area (Å²) < 4.78 is 0. The first-order valence-corrected chi connectivity index (χ1v) is 6.09. The van der Waals surface area contributed by atoms with Crippen LogP contribution in [0.1, 0.15) is 39.2 Å². The molecule has 1 aliphatic carbocycles. The predicted octanol–water partition coefficient (Wildman–Crippen LogP) is 4.30. The van der Waals surface area contributed by atoms with Gasteiger partial charge in [0.1, 0.15) is 0 Å². The molecule has 0 radical (unpaired) electrons. The molecule has 15 heavy (non-hydrogen) atoms.